The minimum absolute atomic E-state index is 0.246. The lowest BCUT2D eigenvalue weighted by atomic mass is 9.80. The Kier molecular flexibility index (Phi) is 9.32. The van der Waals surface area contributed by atoms with Crippen molar-refractivity contribution in [1.82, 2.24) is 24.1 Å². The van der Waals surface area contributed by atoms with Crippen LogP contribution in [-0.2, 0) is 10.8 Å². The summed E-state index contributed by atoms with van der Waals surface area (Å²) >= 11 is 0. The highest BCUT2D eigenvalue weighted by molar-refractivity contribution is 6.16. The molecule has 2 aliphatic carbocycles. The van der Waals surface area contributed by atoms with E-state index in [4.69, 9.17) is 15.0 Å². The fourth-order valence-corrected chi connectivity index (χ4v) is 13.2. The van der Waals surface area contributed by atoms with Crippen molar-refractivity contribution in [3.63, 3.8) is 0 Å². The minimum atomic E-state index is -0.250. The Hall–Kier alpha value is -9.70. The molecule has 0 unspecified atom stereocenters. The van der Waals surface area contributed by atoms with Crippen LogP contribution in [0.5, 0.6) is 0 Å². The second-order valence-electron chi connectivity index (χ2n) is 21.4. The molecule has 6 nitrogen and oxygen atoms in total. The summed E-state index contributed by atoms with van der Waals surface area (Å²) in [6.07, 6.45) is 0. The first-order valence-corrected chi connectivity index (χ1v) is 26.1. The van der Waals surface area contributed by atoms with E-state index in [9.17, 15) is 5.26 Å². The van der Waals surface area contributed by atoms with Gasteiger partial charge in [-0.05, 0) is 105 Å². The fourth-order valence-electron chi connectivity index (χ4n) is 13.2. The summed E-state index contributed by atoms with van der Waals surface area (Å²) in [6.45, 7) is 9.46. The van der Waals surface area contributed by atoms with Gasteiger partial charge in [0.05, 0.1) is 45.1 Å². The molecule has 3 aromatic heterocycles. The van der Waals surface area contributed by atoms with Crippen molar-refractivity contribution in [1.29, 1.82) is 5.26 Å². The van der Waals surface area contributed by atoms with Crippen LogP contribution in [0.15, 0.2) is 218 Å². The van der Waals surface area contributed by atoms with Crippen molar-refractivity contribution in [2.75, 3.05) is 0 Å². The molecule has 0 aliphatic heterocycles. The van der Waals surface area contributed by atoms with E-state index >= 15 is 0 Å². The zero-order valence-corrected chi connectivity index (χ0v) is 42.5. The molecule has 0 bridgehead atoms. The van der Waals surface area contributed by atoms with Crippen LogP contribution in [0.1, 0.15) is 55.5 Å². The number of para-hydroxylation sites is 2. The van der Waals surface area contributed by atoms with Crippen molar-refractivity contribution >= 4 is 43.6 Å². The number of hydrogen-bond donors (Lipinski definition) is 0. The van der Waals surface area contributed by atoms with Gasteiger partial charge in [0.2, 0.25) is 0 Å². The Morgan fingerprint density at radius 2 is 0.776 bits per heavy atom. The van der Waals surface area contributed by atoms with Gasteiger partial charge in [-0.1, -0.05) is 185 Å². The van der Waals surface area contributed by atoms with Gasteiger partial charge in [-0.15, -0.1) is 0 Å². The first-order valence-electron chi connectivity index (χ1n) is 26.1. The van der Waals surface area contributed by atoms with Crippen molar-refractivity contribution in [2.24, 2.45) is 0 Å². The third kappa shape index (κ3) is 6.17. The van der Waals surface area contributed by atoms with E-state index < -0.39 is 0 Å². The number of benzene rings is 10. The second kappa shape index (κ2) is 16.1. The molecule has 0 saturated carbocycles. The molecule has 15 rings (SSSR count). The average molecular weight is 973 g/mol. The molecule has 0 fully saturated rings. The number of hydrogen-bond acceptors (Lipinski definition) is 4. The van der Waals surface area contributed by atoms with Gasteiger partial charge in [0.15, 0.2) is 17.5 Å². The largest absolute Gasteiger partial charge is 0.309 e. The molecule has 358 valence electrons. The van der Waals surface area contributed by atoms with Gasteiger partial charge in [-0.2, -0.15) is 5.26 Å². The maximum Gasteiger partial charge on any atom is 0.164 e. The third-order valence-corrected chi connectivity index (χ3v) is 16.6. The van der Waals surface area contributed by atoms with Crippen molar-refractivity contribution < 1.29 is 0 Å². The Bertz CT molecular complexity index is 4590. The Morgan fingerprint density at radius 1 is 0.355 bits per heavy atom. The number of nitrogens with zero attached hydrogens (tertiary/aromatic N) is 6. The predicted molar refractivity (Wildman–Crippen MR) is 310 cm³/mol. The summed E-state index contributed by atoms with van der Waals surface area (Å²) in [6, 6.07) is 80.3. The molecule has 0 atom stereocenters. The number of nitriles is 1. The van der Waals surface area contributed by atoms with Crippen molar-refractivity contribution in [2.45, 2.75) is 38.5 Å². The lowest BCUT2D eigenvalue weighted by molar-refractivity contribution is 0.666. The SMILES string of the molecule is CC1(C)c2ccccc2-c2ccc3c(c21)c1ccccc1n3-c1ccc(C#N)cc1-c1cc(-c2nc(-c3ccccc3)nc(-c3ccccc3)n2)ccc1-n1c2ccccc2c2c3c(ccc21)-c1ccccc1C3(C)C. The lowest BCUT2D eigenvalue weighted by Crippen LogP contribution is -2.15. The summed E-state index contributed by atoms with van der Waals surface area (Å²) in [5.74, 6) is 1.72. The number of aromatic nitrogens is 5. The zero-order chi connectivity index (χ0) is 51.0. The van der Waals surface area contributed by atoms with Crippen LogP contribution < -0.4 is 0 Å². The van der Waals surface area contributed by atoms with Gasteiger partial charge in [-0.25, -0.2) is 15.0 Å². The van der Waals surface area contributed by atoms with Gasteiger partial charge >= 0.3 is 0 Å². The standard InChI is InChI=1S/C70H48N6/c1-69(2)54-27-15-11-23-46(54)48-33-37-60-62(64(48)69)50-25-13-17-29-56(50)75(60)58-35-31-42(41-71)39-52(58)53-40-45(68-73-66(43-19-7-5-8-20-43)72-67(74-68)44-21-9-6-10-22-44)32-36-59(53)76-57-30-18-14-26-51(57)63-61(76)38-34-49-47-24-12-16-28-55(47)70(3,4)65(49)63/h5-40H,1-4H3. The second-order valence-corrected chi connectivity index (χ2v) is 21.4. The molecular weight excluding hydrogens is 925 g/mol. The van der Waals surface area contributed by atoms with E-state index in [2.05, 4.69) is 195 Å². The van der Waals surface area contributed by atoms with Crippen LogP contribution in [0, 0.1) is 11.3 Å². The summed E-state index contributed by atoms with van der Waals surface area (Å²) in [4.78, 5) is 15.6. The highest BCUT2D eigenvalue weighted by Crippen LogP contribution is 2.56. The molecule has 2 aliphatic rings. The van der Waals surface area contributed by atoms with Gasteiger partial charge in [0.1, 0.15) is 0 Å². The minimum Gasteiger partial charge on any atom is -0.309 e. The molecule has 13 aromatic rings. The van der Waals surface area contributed by atoms with E-state index in [0.29, 0.717) is 23.0 Å². The Labute approximate surface area is 440 Å². The van der Waals surface area contributed by atoms with Crippen LogP contribution >= 0.6 is 0 Å². The lowest BCUT2D eigenvalue weighted by Gasteiger charge is -2.23. The van der Waals surface area contributed by atoms with E-state index in [1.54, 1.807) is 0 Å². The molecule has 6 heteroatoms. The smallest absolute Gasteiger partial charge is 0.164 e. The van der Waals surface area contributed by atoms with Crippen molar-refractivity contribution in [3.8, 4) is 85.0 Å². The Balaban J connectivity index is 1.05. The van der Waals surface area contributed by atoms with Crippen LogP contribution in [-0.4, -0.2) is 24.1 Å². The summed E-state index contributed by atoms with van der Waals surface area (Å²) < 4.78 is 4.88. The van der Waals surface area contributed by atoms with E-state index in [-0.39, 0.29) is 10.8 Å². The fraction of sp³-hybridized carbons (Fsp3) is 0.0857. The summed E-state index contributed by atoms with van der Waals surface area (Å²) in [5, 5.41) is 15.8. The average Bonchev–Trinajstić information content (AvgIpc) is 4.35. The van der Waals surface area contributed by atoms with Crippen LogP contribution in [0.2, 0.25) is 0 Å². The monoisotopic (exact) mass is 972 g/mol. The van der Waals surface area contributed by atoms with Crippen LogP contribution in [0.4, 0.5) is 0 Å². The Morgan fingerprint density at radius 3 is 1.28 bits per heavy atom. The predicted octanol–water partition coefficient (Wildman–Crippen LogP) is 17.2. The molecule has 76 heavy (non-hydrogen) atoms. The molecule has 0 radical (unpaired) electrons. The highest BCUT2D eigenvalue weighted by Gasteiger charge is 2.40. The zero-order valence-electron chi connectivity index (χ0n) is 42.5. The third-order valence-electron chi connectivity index (χ3n) is 16.6. The molecule has 0 amide bonds. The van der Waals surface area contributed by atoms with Gasteiger partial charge in [0, 0.05) is 60.2 Å². The highest BCUT2D eigenvalue weighted by atomic mass is 15.0. The maximum atomic E-state index is 10.9. The van der Waals surface area contributed by atoms with Gasteiger partial charge in [-0.3, -0.25) is 0 Å². The number of rotatable bonds is 6. The molecular formula is C70H48N6. The van der Waals surface area contributed by atoms with Gasteiger partial charge in [0.25, 0.3) is 0 Å². The van der Waals surface area contributed by atoms with E-state index in [1.165, 1.54) is 66.1 Å². The maximum absolute atomic E-state index is 10.9. The molecule has 0 spiro atoms. The topological polar surface area (TPSA) is 72.3 Å². The molecule has 0 saturated heterocycles. The molecule has 0 N–H and O–H groups in total. The number of fused-ring (bicyclic) bond motifs is 14. The van der Waals surface area contributed by atoms with Crippen molar-refractivity contribution in [3.05, 3.63) is 246 Å². The van der Waals surface area contributed by atoms with E-state index in [0.717, 1.165) is 61.3 Å². The van der Waals surface area contributed by atoms with Crippen LogP contribution in [0.25, 0.3) is 123 Å². The van der Waals surface area contributed by atoms with Crippen LogP contribution in [0.3, 0.4) is 0 Å². The summed E-state index contributed by atoms with van der Waals surface area (Å²) in [7, 11) is 0. The van der Waals surface area contributed by atoms with E-state index in [1.807, 2.05) is 66.7 Å². The molecule has 3 heterocycles. The molecule has 10 aromatic carbocycles. The quantitative estimate of drug-likeness (QED) is 0.166. The first kappa shape index (κ1) is 43.8. The van der Waals surface area contributed by atoms with Gasteiger partial charge < -0.3 is 9.13 Å². The summed E-state index contributed by atoms with van der Waals surface area (Å²) in [5.41, 5.74) is 21.3. The normalized spacial score (nSPS) is 13.7. The first-order chi connectivity index (χ1) is 37.2.